The zero-order valence-electron chi connectivity index (χ0n) is 18.4. The highest BCUT2D eigenvalue weighted by Gasteiger charge is 2.20. The number of carbonyl (C=O) groups excluding carboxylic acids is 1. The second-order valence-corrected chi connectivity index (χ2v) is 9.61. The number of benzene rings is 3. The third kappa shape index (κ3) is 6.33. The first-order valence-electron chi connectivity index (χ1n) is 10.9. The van der Waals surface area contributed by atoms with Gasteiger partial charge >= 0.3 is 0 Å². The molecule has 0 bridgehead atoms. The molecule has 3 aromatic carbocycles. The molecule has 0 aliphatic heterocycles. The first kappa shape index (κ1) is 23.3. The van der Waals surface area contributed by atoms with Crippen LogP contribution in [0, 0.1) is 5.82 Å². The van der Waals surface area contributed by atoms with Crippen LogP contribution in [0.2, 0.25) is 0 Å². The normalized spacial score (nSPS) is 11.0. The zero-order valence-corrected chi connectivity index (χ0v) is 20.0. The molecule has 1 amide bonds. The van der Waals surface area contributed by atoms with Gasteiger partial charge < -0.3 is 4.74 Å². The maximum absolute atomic E-state index is 13.3. The number of thiazole rings is 1. The van der Waals surface area contributed by atoms with Gasteiger partial charge in [0.25, 0.3) is 0 Å². The second kappa shape index (κ2) is 11.3. The second-order valence-electron chi connectivity index (χ2n) is 7.43. The van der Waals surface area contributed by atoms with Crippen molar-refractivity contribution in [1.82, 2.24) is 4.98 Å². The number of rotatable bonds is 10. The summed E-state index contributed by atoms with van der Waals surface area (Å²) in [4.78, 5) is 20.8. The van der Waals surface area contributed by atoms with Gasteiger partial charge in [0, 0.05) is 11.3 Å². The van der Waals surface area contributed by atoms with E-state index in [0.717, 1.165) is 38.6 Å². The smallest absolute Gasteiger partial charge is 0.229 e. The van der Waals surface area contributed by atoms with E-state index in [1.165, 1.54) is 23.5 Å². The summed E-state index contributed by atoms with van der Waals surface area (Å²) in [7, 11) is 0. The van der Waals surface area contributed by atoms with Gasteiger partial charge in [-0.2, -0.15) is 0 Å². The maximum Gasteiger partial charge on any atom is 0.229 e. The monoisotopic (exact) mass is 480 g/mol. The number of fused-ring (bicyclic) bond motifs is 1. The molecule has 7 heteroatoms. The number of thioether (sulfide) groups is 1. The quantitative estimate of drug-likeness (QED) is 0.182. The molecule has 0 fully saturated rings. The van der Waals surface area contributed by atoms with Crippen LogP contribution in [0.5, 0.6) is 5.75 Å². The molecule has 1 heterocycles. The molecular weight excluding hydrogens is 455 g/mol. The van der Waals surface area contributed by atoms with Crippen LogP contribution in [-0.2, 0) is 11.3 Å². The number of anilines is 1. The SMILES string of the molecule is CCOc1ccc2nc(N(Cc3ccccc3)C(=O)CCCSc3ccc(F)cc3)sc2c1. The van der Waals surface area contributed by atoms with Crippen molar-refractivity contribution in [2.24, 2.45) is 0 Å². The predicted molar refractivity (Wildman–Crippen MR) is 135 cm³/mol. The van der Waals surface area contributed by atoms with Gasteiger partial charge in [0.05, 0.1) is 23.4 Å². The minimum atomic E-state index is -0.240. The highest BCUT2D eigenvalue weighted by Crippen LogP contribution is 2.33. The standard InChI is InChI=1S/C26H25FN2O2S2/c1-2-31-21-12-15-23-24(17-21)33-26(28-23)29(18-19-7-4-3-5-8-19)25(30)9-6-16-32-22-13-10-20(27)11-14-22/h3-5,7-8,10-15,17H,2,6,9,16,18H2,1H3. The lowest BCUT2D eigenvalue weighted by Crippen LogP contribution is -2.30. The summed E-state index contributed by atoms with van der Waals surface area (Å²) < 4.78 is 19.7. The van der Waals surface area contributed by atoms with E-state index in [2.05, 4.69) is 0 Å². The van der Waals surface area contributed by atoms with E-state index < -0.39 is 0 Å². The molecule has 4 rings (SSSR count). The van der Waals surface area contributed by atoms with Gasteiger partial charge in [-0.05, 0) is 67.1 Å². The van der Waals surface area contributed by atoms with Gasteiger partial charge in [0.2, 0.25) is 5.91 Å². The van der Waals surface area contributed by atoms with Crippen LogP contribution in [0.1, 0.15) is 25.3 Å². The molecule has 0 saturated heterocycles. The molecule has 1 aromatic heterocycles. The summed E-state index contributed by atoms with van der Waals surface area (Å²) in [6, 6.07) is 22.2. The number of hydrogen-bond donors (Lipinski definition) is 0. The van der Waals surface area contributed by atoms with Crippen LogP contribution in [0.15, 0.2) is 77.7 Å². The summed E-state index contributed by atoms with van der Waals surface area (Å²) in [5.74, 6) is 1.39. The van der Waals surface area contributed by atoms with Gasteiger partial charge in [-0.1, -0.05) is 41.7 Å². The van der Waals surface area contributed by atoms with Gasteiger partial charge in [0.15, 0.2) is 5.13 Å². The van der Waals surface area contributed by atoms with E-state index in [0.29, 0.717) is 24.7 Å². The van der Waals surface area contributed by atoms with Gasteiger partial charge in [-0.15, -0.1) is 11.8 Å². The van der Waals surface area contributed by atoms with Crippen LogP contribution in [0.4, 0.5) is 9.52 Å². The largest absolute Gasteiger partial charge is 0.494 e. The number of ether oxygens (including phenoxy) is 1. The number of nitrogens with zero attached hydrogens (tertiary/aromatic N) is 2. The number of amides is 1. The lowest BCUT2D eigenvalue weighted by Gasteiger charge is -2.20. The summed E-state index contributed by atoms with van der Waals surface area (Å²) in [6.45, 7) is 3.03. The Morgan fingerprint density at radius 2 is 1.88 bits per heavy atom. The van der Waals surface area contributed by atoms with Crippen molar-refractivity contribution in [1.29, 1.82) is 0 Å². The van der Waals surface area contributed by atoms with Crippen molar-refractivity contribution in [2.75, 3.05) is 17.3 Å². The fourth-order valence-electron chi connectivity index (χ4n) is 3.37. The number of hydrogen-bond acceptors (Lipinski definition) is 5. The Hall–Kier alpha value is -2.90. The highest BCUT2D eigenvalue weighted by atomic mass is 32.2. The third-order valence-corrected chi connectivity index (χ3v) is 7.13. The summed E-state index contributed by atoms with van der Waals surface area (Å²) in [6.07, 6.45) is 1.15. The lowest BCUT2D eigenvalue weighted by atomic mass is 10.2. The summed E-state index contributed by atoms with van der Waals surface area (Å²) in [5.41, 5.74) is 1.91. The highest BCUT2D eigenvalue weighted by molar-refractivity contribution is 7.99. The van der Waals surface area contributed by atoms with Crippen molar-refractivity contribution >= 4 is 44.4 Å². The molecule has 33 heavy (non-hydrogen) atoms. The molecule has 0 aliphatic rings. The third-order valence-electron chi connectivity index (χ3n) is 4.99. The average molecular weight is 481 g/mol. The Kier molecular flexibility index (Phi) is 7.96. The molecular formula is C26H25FN2O2S2. The Labute approximate surface area is 201 Å². The van der Waals surface area contributed by atoms with E-state index in [1.807, 2.05) is 55.5 Å². The van der Waals surface area contributed by atoms with Crippen LogP contribution < -0.4 is 9.64 Å². The average Bonchev–Trinajstić information content (AvgIpc) is 3.25. The molecule has 170 valence electrons. The molecule has 0 radical (unpaired) electrons. The first-order valence-corrected chi connectivity index (χ1v) is 12.7. The van der Waals surface area contributed by atoms with Gasteiger partial charge in [-0.3, -0.25) is 9.69 Å². The van der Waals surface area contributed by atoms with E-state index in [9.17, 15) is 9.18 Å². The molecule has 0 atom stereocenters. The minimum Gasteiger partial charge on any atom is -0.494 e. The van der Waals surface area contributed by atoms with Crippen molar-refractivity contribution in [3.05, 3.63) is 84.2 Å². The van der Waals surface area contributed by atoms with Crippen molar-refractivity contribution in [2.45, 2.75) is 31.2 Å². The summed E-state index contributed by atoms with van der Waals surface area (Å²) in [5, 5.41) is 0.693. The molecule has 4 nitrogen and oxygen atoms in total. The number of halogens is 1. The van der Waals surface area contributed by atoms with Crippen molar-refractivity contribution < 1.29 is 13.9 Å². The maximum atomic E-state index is 13.3. The van der Waals surface area contributed by atoms with E-state index in [1.54, 1.807) is 28.8 Å². The van der Waals surface area contributed by atoms with Crippen LogP contribution in [0.25, 0.3) is 10.2 Å². The Balaban J connectivity index is 1.47. The van der Waals surface area contributed by atoms with E-state index >= 15 is 0 Å². The fourth-order valence-corrected chi connectivity index (χ4v) is 5.24. The van der Waals surface area contributed by atoms with Crippen molar-refractivity contribution in [3.8, 4) is 5.75 Å². The number of aromatic nitrogens is 1. The lowest BCUT2D eigenvalue weighted by molar-refractivity contribution is -0.118. The Morgan fingerprint density at radius 3 is 2.64 bits per heavy atom. The fraction of sp³-hybridized carbons (Fsp3) is 0.231. The summed E-state index contributed by atoms with van der Waals surface area (Å²) >= 11 is 3.13. The van der Waals surface area contributed by atoms with E-state index in [4.69, 9.17) is 9.72 Å². The minimum absolute atomic E-state index is 0.0441. The zero-order chi connectivity index (χ0) is 23.0. The molecule has 4 aromatic rings. The molecule has 0 aliphatic carbocycles. The Morgan fingerprint density at radius 1 is 1.09 bits per heavy atom. The topological polar surface area (TPSA) is 42.4 Å². The first-order chi connectivity index (χ1) is 16.1. The molecule has 0 N–H and O–H groups in total. The molecule has 0 saturated carbocycles. The van der Waals surface area contributed by atoms with Crippen LogP contribution in [-0.4, -0.2) is 23.3 Å². The van der Waals surface area contributed by atoms with Gasteiger partial charge in [0.1, 0.15) is 11.6 Å². The number of carbonyl (C=O) groups is 1. The van der Waals surface area contributed by atoms with Crippen molar-refractivity contribution in [3.63, 3.8) is 0 Å². The van der Waals surface area contributed by atoms with Crippen LogP contribution in [0.3, 0.4) is 0 Å². The Bertz CT molecular complexity index is 1200. The predicted octanol–water partition coefficient (Wildman–Crippen LogP) is 6.94. The van der Waals surface area contributed by atoms with Crippen LogP contribution >= 0.6 is 23.1 Å². The molecule has 0 unspecified atom stereocenters. The molecule has 0 spiro atoms. The van der Waals surface area contributed by atoms with E-state index in [-0.39, 0.29) is 11.7 Å². The van der Waals surface area contributed by atoms with Gasteiger partial charge in [-0.25, -0.2) is 9.37 Å².